The Kier molecular flexibility index (Phi) is 7.17. The number of carbonyl (C=O) groups excluding carboxylic acids is 1. The summed E-state index contributed by atoms with van der Waals surface area (Å²) in [5.74, 6) is -0.628. The van der Waals surface area contributed by atoms with Gasteiger partial charge in [-0.1, -0.05) is 25.1 Å². The molecular weight excluding hydrogens is 222 g/mol. The number of nitrogens with two attached hydrogens (primary N) is 1. The summed E-state index contributed by atoms with van der Waals surface area (Å²) in [7, 11) is 0. The summed E-state index contributed by atoms with van der Waals surface area (Å²) in [6.45, 7) is 3.22. The highest BCUT2D eigenvalue weighted by molar-refractivity contribution is 5.73. The summed E-state index contributed by atoms with van der Waals surface area (Å²) in [4.78, 5) is 20.0. The lowest BCUT2D eigenvalue weighted by atomic mass is 10.3. The Morgan fingerprint density at radius 3 is 2.18 bits per heavy atom. The zero-order valence-corrected chi connectivity index (χ0v) is 9.92. The lowest BCUT2D eigenvalue weighted by molar-refractivity contribution is -0.144. The molecule has 3 N–H and O–H groups in total. The van der Waals surface area contributed by atoms with Crippen molar-refractivity contribution >= 4 is 11.9 Å². The van der Waals surface area contributed by atoms with Crippen molar-refractivity contribution in [1.82, 2.24) is 0 Å². The fourth-order valence-electron chi connectivity index (χ4n) is 0.754. The first kappa shape index (κ1) is 15.0. The van der Waals surface area contributed by atoms with Crippen LogP contribution >= 0.6 is 0 Å². The summed E-state index contributed by atoms with van der Waals surface area (Å²) >= 11 is 0. The van der Waals surface area contributed by atoms with Crippen LogP contribution in [0.15, 0.2) is 30.3 Å². The molecule has 0 saturated heterocycles. The number of aliphatic carboxylic acids is 1. The third-order valence-electron chi connectivity index (χ3n) is 1.75. The van der Waals surface area contributed by atoms with E-state index in [0.717, 1.165) is 0 Å². The van der Waals surface area contributed by atoms with Crippen LogP contribution in [0.5, 0.6) is 5.75 Å². The zero-order valence-electron chi connectivity index (χ0n) is 9.92. The van der Waals surface area contributed by atoms with Crippen LogP contribution in [0.4, 0.5) is 0 Å². The van der Waals surface area contributed by atoms with E-state index >= 15 is 0 Å². The van der Waals surface area contributed by atoms with Gasteiger partial charge < -0.3 is 15.6 Å². The molecule has 1 amide bonds. The van der Waals surface area contributed by atoms with Crippen LogP contribution < -0.4 is 10.5 Å². The van der Waals surface area contributed by atoms with E-state index in [2.05, 4.69) is 5.73 Å². The Labute approximate surface area is 100 Å². The van der Waals surface area contributed by atoms with E-state index in [1.807, 2.05) is 6.07 Å². The molecule has 0 aliphatic heterocycles. The second kappa shape index (κ2) is 8.15. The van der Waals surface area contributed by atoms with Crippen LogP contribution in [0.2, 0.25) is 0 Å². The van der Waals surface area contributed by atoms with Crippen molar-refractivity contribution in [3.8, 4) is 5.75 Å². The van der Waals surface area contributed by atoms with E-state index in [1.54, 1.807) is 31.2 Å². The maximum absolute atomic E-state index is 10.4. The highest BCUT2D eigenvalue weighted by atomic mass is 16.5. The number of para-hydroxylation sites is 1. The van der Waals surface area contributed by atoms with Crippen molar-refractivity contribution in [1.29, 1.82) is 0 Å². The van der Waals surface area contributed by atoms with Crippen LogP contribution in [0.3, 0.4) is 0 Å². The first-order valence-electron chi connectivity index (χ1n) is 5.20. The van der Waals surface area contributed by atoms with Gasteiger partial charge in [-0.25, -0.2) is 4.79 Å². The van der Waals surface area contributed by atoms with Gasteiger partial charge in [0.05, 0.1) is 0 Å². The Bertz CT molecular complexity index is 351. The van der Waals surface area contributed by atoms with Crippen molar-refractivity contribution in [2.24, 2.45) is 5.73 Å². The molecule has 0 saturated carbocycles. The number of primary amides is 1. The molecule has 0 heterocycles. The first-order valence-corrected chi connectivity index (χ1v) is 5.20. The first-order chi connectivity index (χ1) is 7.97. The minimum absolute atomic E-state index is 0.245. The summed E-state index contributed by atoms with van der Waals surface area (Å²) in [6, 6.07) is 8.88. The monoisotopic (exact) mass is 239 g/mol. The van der Waals surface area contributed by atoms with Gasteiger partial charge in [-0.2, -0.15) is 0 Å². The number of ether oxygens (including phenoxy) is 1. The Balaban J connectivity index is 0.000000437. The maximum atomic E-state index is 10.4. The Morgan fingerprint density at radius 2 is 1.82 bits per heavy atom. The van der Waals surface area contributed by atoms with Gasteiger partial charge in [0.1, 0.15) is 5.75 Å². The quantitative estimate of drug-likeness (QED) is 0.831. The molecule has 0 spiro atoms. The van der Waals surface area contributed by atoms with Crippen molar-refractivity contribution in [3.63, 3.8) is 0 Å². The molecule has 0 fully saturated rings. The third kappa shape index (κ3) is 7.84. The molecule has 0 bridgehead atoms. The van der Waals surface area contributed by atoms with E-state index in [0.29, 0.717) is 12.2 Å². The topological polar surface area (TPSA) is 89.6 Å². The standard InChI is InChI=1S/C9H10O3.C3H7NO/c1-7(9(10)11)12-8-5-3-2-4-6-8;1-2-3(4)5/h2-7H,1H3,(H,10,11);2H2,1H3,(H2,4,5). The second-order valence-electron chi connectivity index (χ2n) is 3.23. The van der Waals surface area contributed by atoms with Crippen LogP contribution in [0, 0.1) is 0 Å². The number of rotatable bonds is 4. The lowest BCUT2D eigenvalue weighted by Crippen LogP contribution is -2.22. The molecule has 0 aliphatic rings. The van der Waals surface area contributed by atoms with Crippen molar-refractivity contribution in [2.45, 2.75) is 26.4 Å². The van der Waals surface area contributed by atoms with E-state index in [4.69, 9.17) is 9.84 Å². The van der Waals surface area contributed by atoms with Crippen LogP contribution in [-0.4, -0.2) is 23.1 Å². The minimum atomic E-state index is -0.959. The van der Waals surface area contributed by atoms with Gasteiger partial charge in [-0.15, -0.1) is 0 Å². The molecule has 5 heteroatoms. The number of carboxylic acid groups (broad SMARTS) is 1. The molecule has 0 aromatic heterocycles. The van der Waals surface area contributed by atoms with Crippen molar-refractivity contribution in [2.75, 3.05) is 0 Å². The highest BCUT2D eigenvalue weighted by Gasteiger charge is 2.11. The zero-order chi connectivity index (χ0) is 13.3. The fraction of sp³-hybridized carbons (Fsp3) is 0.333. The average molecular weight is 239 g/mol. The Morgan fingerprint density at radius 1 is 1.35 bits per heavy atom. The molecule has 1 rings (SSSR count). The number of hydrogen-bond donors (Lipinski definition) is 2. The molecular formula is C12H17NO4. The minimum Gasteiger partial charge on any atom is -0.479 e. The van der Waals surface area contributed by atoms with E-state index in [9.17, 15) is 9.59 Å². The third-order valence-corrected chi connectivity index (χ3v) is 1.75. The van der Waals surface area contributed by atoms with Gasteiger partial charge in [0.25, 0.3) is 0 Å². The van der Waals surface area contributed by atoms with Crippen LogP contribution in [-0.2, 0) is 9.59 Å². The molecule has 0 aliphatic carbocycles. The summed E-state index contributed by atoms with van der Waals surface area (Å²) in [6.07, 6.45) is -0.354. The van der Waals surface area contributed by atoms with E-state index in [1.165, 1.54) is 6.92 Å². The molecule has 1 unspecified atom stereocenters. The van der Waals surface area contributed by atoms with E-state index < -0.39 is 12.1 Å². The van der Waals surface area contributed by atoms with Crippen LogP contribution in [0.1, 0.15) is 20.3 Å². The number of carbonyl (C=O) groups is 2. The molecule has 1 atom stereocenters. The SMILES string of the molecule is CC(Oc1ccccc1)C(=O)O.CCC(N)=O. The van der Waals surface area contributed by atoms with Crippen molar-refractivity contribution < 1.29 is 19.4 Å². The number of carboxylic acids is 1. The number of hydrogen-bond acceptors (Lipinski definition) is 3. The number of amides is 1. The fourth-order valence-corrected chi connectivity index (χ4v) is 0.754. The summed E-state index contributed by atoms with van der Waals surface area (Å²) < 4.78 is 5.08. The number of benzene rings is 1. The molecule has 1 aromatic rings. The van der Waals surface area contributed by atoms with Gasteiger partial charge >= 0.3 is 5.97 Å². The van der Waals surface area contributed by atoms with Crippen LogP contribution in [0.25, 0.3) is 0 Å². The normalized spacial score (nSPS) is 10.7. The predicted molar refractivity (Wildman–Crippen MR) is 63.7 cm³/mol. The van der Waals surface area contributed by atoms with Gasteiger partial charge in [0.15, 0.2) is 6.10 Å². The largest absolute Gasteiger partial charge is 0.479 e. The van der Waals surface area contributed by atoms with Gasteiger partial charge in [0, 0.05) is 6.42 Å². The molecule has 1 aromatic carbocycles. The predicted octanol–water partition coefficient (Wildman–Crippen LogP) is 1.42. The molecule has 0 radical (unpaired) electrons. The van der Waals surface area contributed by atoms with Gasteiger partial charge in [0.2, 0.25) is 5.91 Å². The molecule has 5 nitrogen and oxygen atoms in total. The van der Waals surface area contributed by atoms with Gasteiger partial charge in [-0.3, -0.25) is 4.79 Å². The molecule has 17 heavy (non-hydrogen) atoms. The average Bonchev–Trinajstić information content (AvgIpc) is 2.31. The van der Waals surface area contributed by atoms with E-state index in [-0.39, 0.29) is 5.91 Å². The summed E-state index contributed by atoms with van der Waals surface area (Å²) in [5, 5.41) is 8.52. The van der Waals surface area contributed by atoms with Crippen molar-refractivity contribution in [3.05, 3.63) is 30.3 Å². The smallest absolute Gasteiger partial charge is 0.344 e. The Hall–Kier alpha value is -2.04. The lowest BCUT2D eigenvalue weighted by Gasteiger charge is -2.09. The maximum Gasteiger partial charge on any atom is 0.344 e. The second-order valence-corrected chi connectivity index (χ2v) is 3.23. The molecule has 94 valence electrons. The summed E-state index contributed by atoms with van der Waals surface area (Å²) in [5.41, 5.74) is 4.65. The van der Waals surface area contributed by atoms with Gasteiger partial charge in [-0.05, 0) is 19.1 Å². The highest BCUT2D eigenvalue weighted by Crippen LogP contribution is 2.10.